The highest BCUT2D eigenvalue weighted by molar-refractivity contribution is 5.89. The summed E-state index contributed by atoms with van der Waals surface area (Å²) < 4.78 is 16.0. The summed E-state index contributed by atoms with van der Waals surface area (Å²) in [6.45, 7) is 3.71. The molecule has 18 heavy (non-hydrogen) atoms. The van der Waals surface area contributed by atoms with E-state index >= 15 is 0 Å². The lowest BCUT2D eigenvalue weighted by molar-refractivity contribution is -0.0441. The molecule has 1 heterocycles. The van der Waals surface area contributed by atoms with Gasteiger partial charge in [0, 0.05) is 5.56 Å². The van der Waals surface area contributed by atoms with E-state index in [1.54, 1.807) is 12.1 Å². The predicted molar refractivity (Wildman–Crippen MR) is 66.3 cm³/mol. The molecule has 0 aliphatic carbocycles. The maximum Gasteiger partial charge on any atom is 0.338 e. The van der Waals surface area contributed by atoms with E-state index in [9.17, 15) is 4.79 Å². The standard InChI is InChI=1S/C14H18O4/c1-2-3-7-16-13(15)11-5-4-6-12(10-11)14-17-8-9-18-14/h4-6,10,14H,2-3,7-9H2,1H3. The third-order valence-corrected chi connectivity index (χ3v) is 2.75. The van der Waals surface area contributed by atoms with Crippen molar-refractivity contribution in [3.8, 4) is 0 Å². The summed E-state index contributed by atoms with van der Waals surface area (Å²) in [5.41, 5.74) is 1.40. The zero-order valence-corrected chi connectivity index (χ0v) is 10.6. The first kappa shape index (κ1) is 13.1. The van der Waals surface area contributed by atoms with Crippen molar-refractivity contribution in [1.82, 2.24) is 0 Å². The summed E-state index contributed by atoms with van der Waals surface area (Å²) in [6, 6.07) is 7.21. The van der Waals surface area contributed by atoms with Crippen LogP contribution in [0.5, 0.6) is 0 Å². The van der Waals surface area contributed by atoms with Gasteiger partial charge in [-0.2, -0.15) is 0 Å². The minimum atomic E-state index is -0.353. The van der Waals surface area contributed by atoms with Crippen LogP contribution in [0.15, 0.2) is 24.3 Å². The monoisotopic (exact) mass is 250 g/mol. The smallest absolute Gasteiger partial charge is 0.338 e. The maximum absolute atomic E-state index is 11.8. The first-order valence-corrected chi connectivity index (χ1v) is 6.31. The molecule has 0 saturated carbocycles. The van der Waals surface area contributed by atoms with Crippen LogP contribution in [0.1, 0.15) is 42.0 Å². The Balaban J connectivity index is 1.99. The minimum Gasteiger partial charge on any atom is -0.462 e. The second-order valence-corrected chi connectivity index (χ2v) is 4.19. The van der Waals surface area contributed by atoms with Crippen LogP contribution in [0.4, 0.5) is 0 Å². The van der Waals surface area contributed by atoms with Gasteiger partial charge in [0.15, 0.2) is 6.29 Å². The molecule has 0 aromatic heterocycles. The number of hydrogen-bond acceptors (Lipinski definition) is 4. The Morgan fingerprint density at radius 2 is 2.17 bits per heavy atom. The normalized spacial score (nSPS) is 15.8. The number of hydrogen-bond donors (Lipinski definition) is 0. The summed E-state index contributed by atoms with van der Waals surface area (Å²) in [6.07, 6.45) is 1.55. The van der Waals surface area contributed by atoms with Gasteiger partial charge in [-0.3, -0.25) is 0 Å². The molecule has 0 radical (unpaired) electrons. The Labute approximate surface area is 107 Å². The van der Waals surface area contributed by atoms with Crippen molar-refractivity contribution in [3.63, 3.8) is 0 Å². The van der Waals surface area contributed by atoms with Crippen LogP contribution in [-0.4, -0.2) is 25.8 Å². The van der Waals surface area contributed by atoms with Crippen molar-refractivity contribution in [1.29, 1.82) is 0 Å². The molecule has 1 aromatic carbocycles. The molecule has 1 aliphatic rings. The van der Waals surface area contributed by atoms with E-state index in [1.165, 1.54) is 0 Å². The van der Waals surface area contributed by atoms with Crippen molar-refractivity contribution in [3.05, 3.63) is 35.4 Å². The van der Waals surface area contributed by atoms with Gasteiger partial charge in [-0.15, -0.1) is 0 Å². The number of carbonyl (C=O) groups is 1. The number of unbranched alkanes of at least 4 members (excludes halogenated alkanes) is 1. The van der Waals surface area contributed by atoms with Gasteiger partial charge in [0.1, 0.15) is 0 Å². The quantitative estimate of drug-likeness (QED) is 0.595. The molecule has 0 N–H and O–H groups in total. The van der Waals surface area contributed by atoms with Crippen molar-refractivity contribution >= 4 is 5.97 Å². The molecule has 0 atom stereocenters. The van der Waals surface area contributed by atoms with Crippen LogP contribution in [0.2, 0.25) is 0 Å². The highest BCUT2D eigenvalue weighted by Gasteiger charge is 2.19. The second-order valence-electron chi connectivity index (χ2n) is 4.19. The number of ether oxygens (including phenoxy) is 3. The highest BCUT2D eigenvalue weighted by atomic mass is 16.7. The lowest BCUT2D eigenvalue weighted by atomic mass is 10.1. The largest absolute Gasteiger partial charge is 0.462 e. The van der Waals surface area contributed by atoms with Crippen LogP contribution >= 0.6 is 0 Å². The van der Waals surface area contributed by atoms with E-state index in [2.05, 4.69) is 6.92 Å². The molecule has 0 unspecified atom stereocenters. The van der Waals surface area contributed by atoms with Crippen LogP contribution < -0.4 is 0 Å². The lowest BCUT2D eigenvalue weighted by Gasteiger charge is -2.10. The number of carbonyl (C=O) groups excluding carboxylic acids is 1. The molecule has 0 amide bonds. The van der Waals surface area contributed by atoms with Crippen LogP contribution in [0.25, 0.3) is 0 Å². The fourth-order valence-corrected chi connectivity index (χ4v) is 1.76. The second kappa shape index (κ2) is 6.52. The van der Waals surface area contributed by atoms with Gasteiger partial charge >= 0.3 is 5.97 Å². The molecule has 4 heteroatoms. The molecule has 1 aromatic rings. The van der Waals surface area contributed by atoms with Crippen LogP contribution in [-0.2, 0) is 14.2 Å². The number of rotatable bonds is 5. The first-order valence-electron chi connectivity index (χ1n) is 6.31. The summed E-state index contributed by atoms with van der Waals surface area (Å²) in [5.74, 6) is -0.289. The summed E-state index contributed by atoms with van der Waals surface area (Å²) in [5, 5.41) is 0. The molecule has 98 valence electrons. The molecule has 0 bridgehead atoms. The van der Waals surface area contributed by atoms with Crippen molar-refractivity contribution in [2.24, 2.45) is 0 Å². The van der Waals surface area contributed by atoms with Crippen molar-refractivity contribution < 1.29 is 19.0 Å². The molecule has 1 fully saturated rings. The van der Waals surface area contributed by atoms with Gasteiger partial charge in [0.05, 0.1) is 25.4 Å². The van der Waals surface area contributed by atoms with E-state index in [1.807, 2.05) is 12.1 Å². The van der Waals surface area contributed by atoms with Gasteiger partial charge in [-0.1, -0.05) is 25.5 Å². The van der Waals surface area contributed by atoms with E-state index in [4.69, 9.17) is 14.2 Å². The number of benzene rings is 1. The van der Waals surface area contributed by atoms with E-state index in [0.29, 0.717) is 25.4 Å². The third-order valence-electron chi connectivity index (χ3n) is 2.75. The Morgan fingerprint density at radius 1 is 1.39 bits per heavy atom. The SMILES string of the molecule is CCCCOC(=O)c1cccc(C2OCCO2)c1. The lowest BCUT2D eigenvalue weighted by Crippen LogP contribution is -2.07. The van der Waals surface area contributed by atoms with Gasteiger partial charge in [0.2, 0.25) is 0 Å². The molecular weight excluding hydrogens is 232 g/mol. The van der Waals surface area contributed by atoms with Crippen molar-refractivity contribution in [2.45, 2.75) is 26.1 Å². The molecule has 4 nitrogen and oxygen atoms in total. The van der Waals surface area contributed by atoms with Crippen LogP contribution in [0, 0.1) is 0 Å². The van der Waals surface area contributed by atoms with E-state index in [-0.39, 0.29) is 12.3 Å². The van der Waals surface area contributed by atoms with E-state index < -0.39 is 0 Å². The first-order chi connectivity index (χ1) is 8.81. The zero-order valence-electron chi connectivity index (χ0n) is 10.6. The Bertz CT molecular complexity index is 397. The van der Waals surface area contributed by atoms with Gasteiger partial charge in [-0.25, -0.2) is 4.79 Å². The summed E-state index contributed by atoms with van der Waals surface area (Å²) in [4.78, 5) is 11.8. The molecule has 2 rings (SSSR count). The summed E-state index contributed by atoms with van der Waals surface area (Å²) >= 11 is 0. The summed E-state index contributed by atoms with van der Waals surface area (Å²) in [7, 11) is 0. The molecule has 1 aliphatic heterocycles. The molecule has 1 saturated heterocycles. The van der Waals surface area contributed by atoms with Gasteiger partial charge in [-0.05, 0) is 18.6 Å². The van der Waals surface area contributed by atoms with E-state index in [0.717, 1.165) is 18.4 Å². The highest BCUT2D eigenvalue weighted by Crippen LogP contribution is 2.23. The van der Waals surface area contributed by atoms with Crippen LogP contribution in [0.3, 0.4) is 0 Å². The average Bonchev–Trinajstić information content (AvgIpc) is 2.93. The predicted octanol–water partition coefficient (Wildman–Crippen LogP) is 2.69. The molecular formula is C14H18O4. The van der Waals surface area contributed by atoms with Crippen molar-refractivity contribution in [2.75, 3.05) is 19.8 Å². The minimum absolute atomic E-state index is 0.289. The number of esters is 1. The topological polar surface area (TPSA) is 44.8 Å². The Hall–Kier alpha value is -1.39. The zero-order chi connectivity index (χ0) is 12.8. The average molecular weight is 250 g/mol. The Kier molecular flexibility index (Phi) is 4.73. The van der Waals surface area contributed by atoms with Gasteiger partial charge < -0.3 is 14.2 Å². The Morgan fingerprint density at radius 3 is 2.89 bits per heavy atom. The fraction of sp³-hybridized carbons (Fsp3) is 0.500. The maximum atomic E-state index is 11.8. The van der Waals surface area contributed by atoms with Gasteiger partial charge in [0.25, 0.3) is 0 Å². The third kappa shape index (κ3) is 3.31. The fourth-order valence-electron chi connectivity index (χ4n) is 1.76. The molecule has 0 spiro atoms.